The van der Waals surface area contributed by atoms with Crippen molar-refractivity contribution in [3.8, 4) is 0 Å². The van der Waals surface area contributed by atoms with Gasteiger partial charge in [0.05, 0.1) is 5.92 Å². The number of hydrogen-bond donors (Lipinski definition) is 3. The minimum Gasteiger partial charge on any atom is -0.481 e. The Hall–Kier alpha value is -2.04. The molecule has 0 saturated heterocycles. The highest BCUT2D eigenvalue weighted by Crippen LogP contribution is 2.25. The molecule has 2 amide bonds. The fourth-order valence-corrected chi connectivity index (χ4v) is 2.74. The molecule has 0 aliphatic heterocycles. The zero-order valence-corrected chi connectivity index (χ0v) is 11.8. The number of carbonyl (C=O) groups excluding carboxylic acids is 1. The molecule has 1 aromatic carbocycles. The van der Waals surface area contributed by atoms with Crippen molar-refractivity contribution < 1.29 is 14.7 Å². The number of aliphatic carboxylic acids is 1. The van der Waals surface area contributed by atoms with Crippen molar-refractivity contribution in [1.29, 1.82) is 0 Å². The van der Waals surface area contributed by atoms with Crippen LogP contribution in [0.2, 0.25) is 0 Å². The van der Waals surface area contributed by atoms with Crippen LogP contribution in [-0.4, -0.2) is 23.1 Å². The van der Waals surface area contributed by atoms with Gasteiger partial charge in [0.1, 0.15) is 0 Å². The van der Waals surface area contributed by atoms with Crippen LogP contribution in [0.15, 0.2) is 18.2 Å². The Morgan fingerprint density at radius 2 is 1.80 bits per heavy atom. The molecule has 1 aliphatic rings. The van der Waals surface area contributed by atoms with Crippen molar-refractivity contribution in [2.45, 2.75) is 39.2 Å². The maximum Gasteiger partial charge on any atom is 0.319 e. The van der Waals surface area contributed by atoms with Crippen LogP contribution in [0.5, 0.6) is 0 Å². The zero-order chi connectivity index (χ0) is 14.7. The van der Waals surface area contributed by atoms with Gasteiger partial charge in [-0.1, -0.05) is 6.07 Å². The van der Waals surface area contributed by atoms with Crippen LogP contribution in [-0.2, 0) is 4.79 Å². The van der Waals surface area contributed by atoms with Gasteiger partial charge in [0, 0.05) is 11.7 Å². The third kappa shape index (κ3) is 3.73. The summed E-state index contributed by atoms with van der Waals surface area (Å²) in [5, 5.41) is 14.6. The maximum atomic E-state index is 11.9. The first-order valence-corrected chi connectivity index (χ1v) is 6.82. The Morgan fingerprint density at radius 1 is 1.15 bits per heavy atom. The van der Waals surface area contributed by atoms with Crippen LogP contribution in [0.1, 0.15) is 30.4 Å². The molecule has 0 radical (unpaired) electrons. The number of anilines is 1. The largest absolute Gasteiger partial charge is 0.481 e. The quantitative estimate of drug-likeness (QED) is 0.794. The second-order valence-electron chi connectivity index (χ2n) is 5.52. The number of urea groups is 1. The summed E-state index contributed by atoms with van der Waals surface area (Å²) in [5.74, 6) is -1.11. The van der Waals surface area contributed by atoms with Gasteiger partial charge in [-0.3, -0.25) is 4.79 Å². The van der Waals surface area contributed by atoms with Gasteiger partial charge in [-0.25, -0.2) is 4.79 Å². The molecular weight excluding hydrogens is 256 g/mol. The molecule has 3 N–H and O–H groups in total. The Balaban J connectivity index is 1.88. The number of carbonyl (C=O) groups is 2. The Bertz CT molecular complexity index is 508. The second kappa shape index (κ2) is 5.94. The molecule has 2 atom stereocenters. The molecule has 0 aromatic heterocycles. The minimum atomic E-state index is -0.774. The van der Waals surface area contributed by atoms with Crippen molar-refractivity contribution in [2.75, 3.05) is 5.32 Å². The fourth-order valence-electron chi connectivity index (χ4n) is 2.74. The van der Waals surface area contributed by atoms with Crippen molar-refractivity contribution in [3.63, 3.8) is 0 Å². The van der Waals surface area contributed by atoms with Gasteiger partial charge in [0.25, 0.3) is 0 Å². The number of benzene rings is 1. The molecule has 0 heterocycles. The Labute approximate surface area is 118 Å². The summed E-state index contributed by atoms with van der Waals surface area (Å²) in [6.07, 6.45) is 1.86. The average Bonchev–Trinajstić information content (AvgIpc) is 2.75. The second-order valence-corrected chi connectivity index (χ2v) is 5.52. The van der Waals surface area contributed by atoms with E-state index in [1.807, 2.05) is 32.0 Å². The van der Waals surface area contributed by atoms with E-state index in [0.717, 1.165) is 23.2 Å². The number of amides is 2. The molecule has 1 saturated carbocycles. The van der Waals surface area contributed by atoms with E-state index in [0.29, 0.717) is 12.8 Å². The highest BCUT2D eigenvalue weighted by atomic mass is 16.4. The summed E-state index contributed by atoms with van der Waals surface area (Å²) in [5.41, 5.74) is 2.94. The molecule has 1 aromatic rings. The van der Waals surface area contributed by atoms with Gasteiger partial charge < -0.3 is 15.7 Å². The van der Waals surface area contributed by atoms with Crippen LogP contribution in [0.4, 0.5) is 10.5 Å². The molecule has 1 aliphatic carbocycles. The SMILES string of the molecule is Cc1cc(C)cc(NC(=O)N[C@H]2CC[C@@H](C(=O)O)C2)c1. The number of carboxylic acid groups (broad SMARTS) is 1. The van der Waals surface area contributed by atoms with Crippen LogP contribution < -0.4 is 10.6 Å². The van der Waals surface area contributed by atoms with E-state index < -0.39 is 5.97 Å². The lowest BCUT2D eigenvalue weighted by molar-refractivity contribution is -0.141. The van der Waals surface area contributed by atoms with E-state index in [1.165, 1.54) is 0 Å². The van der Waals surface area contributed by atoms with Crippen molar-refractivity contribution in [1.82, 2.24) is 5.32 Å². The number of aryl methyl sites for hydroxylation is 2. The van der Waals surface area contributed by atoms with Gasteiger partial charge in [-0.05, 0) is 56.4 Å². The Morgan fingerprint density at radius 3 is 2.35 bits per heavy atom. The van der Waals surface area contributed by atoms with Gasteiger partial charge >= 0.3 is 12.0 Å². The Kier molecular flexibility index (Phi) is 4.27. The predicted octanol–water partition coefficient (Wildman–Crippen LogP) is 2.68. The molecule has 2 rings (SSSR count). The lowest BCUT2D eigenvalue weighted by Gasteiger charge is -2.14. The summed E-state index contributed by atoms with van der Waals surface area (Å²) in [4.78, 5) is 22.8. The van der Waals surface area contributed by atoms with Crippen molar-refractivity contribution >= 4 is 17.7 Å². The standard InChI is InChI=1S/C15H20N2O3/c1-9-5-10(2)7-13(6-9)17-15(20)16-12-4-3-11(8-12)14(18)19/h5-7,11-12H,3-4,8H2,1-2H3,(H,18,19)(H2,16,17,20)/t11-,12+/m1/s1. The normalized spacial score (nSPS) is 21.5. The maximum absolute atomic E-state index is 11.9. The first kappa shape index (κ1) is 14.4. The van der Waals surface area contributed by atoms with Crippen molar-refractivity contribution in [2.24, 2.45) is 5.92 Å². The summed E-state index contributed by atoms with van der Waals surface area (Å²) < 4.78 is 0. The topological polar surface area (TPSA) is 78.4 Å². The zero-order valence-electron chi connectivity index (χ0n) is 11.8. The third-order valence-corrected chi connectivity index (χ3v) is 3.60. The number of rotatable bonds is 3. The highest BCUT2D eigenvalue weighted by molar-refractivity contribution is 5.89. The van der Waals surface area contributed by atoms with Crippen molar-refractivity contribution in [3.05, 3.63) is 29.3 Å². The molecule has 5 nitrogen and oxygen atoms in total. The summed E-state index contributed by atoms with van der Waals surface area (Å²) in [7, 11) is 0. The molecule has 0 bridgehead atoms. The van der Waals surface area contributed by atoms with Gasteiger partial charge in [0.2, 0.25) is 0 Å². The van der Waals surface area contributed by atoms with Crippen LogP contribution in [0, 0.1) is 19.8 Å². The predicted molar refractivity (Wildman–Crippen MR) is 76.8 cm³/mol. The van der Waals surface area contributed by atoms with Gasteiger partial charge in [-0.15, -0.1) is 0 Å². The third-order valence-electron chi connectivity index (χ3n) is 3.60. The molecule has 20 heavy (non-hydrogen) atoms. The van der Waals surface area contributed by atoms with Crippen LogP contribution in [0.25, 0.3) is 0 Å². The molecule has 5 heteroatoms. The molecule has 0 spiro atoms. The minimum absolute atomic E-state index is 0.0537. The van der Waals surface area contributed by atoms with Gasteiger partial charge in [-0.2, -0.15) is 0 Å². The van der Waals surface area contributed by atoms with E-state index in [1.54, 1.807) is 0 Å². The first-order valence-electron chi connectivity index (χ1n) is 6.82. The van der Waals surface area contributed by atoms with E-state index in [9.17, 15) is 9.59 Å². The van der Waals surface area contributed by atoms with E-state index in [2.05, 4.69) is 10.6 Å². The molecule has 0 unspecified atom stereocenters. The first-order chi connectivity index (χ1) is 9.44. The molecule has 108 valence electrons. The number of carboxylic acids is 1. The van der Waals surface area contributed by atoms with Gasteiger partial charge in [0.15, 0.2) is 0 Å². The van der Waals surface area contributed by atoms with E-state index in [4.69, 9.17) is 5.11 Å². The van der Waals surface area contributed by atoms with Crippen LogP contribution in [0.3, 0.4) is 0 Å². The monoisotopic (exact) mass is 276 g/mol. The summed E-state index contributed by atoms with van der Waals surface area (Å²) in [6, 6.07) is 5.52. The molecular formula is C15H20N2O3. The average molecular weight is 276 g/mol. The fraction of sp³-hybridized carbons (Fsp3) is 0.467. The van der Waals surface area contributed by atoms with E-state index >= 15 is 0 Å². The lowest BCUT2D eigenvalue weighted by atomic mass is 10.1. The lowest BCUT2D eigenvalue weighted by Crippen LogP contribution is -2.36. The smallest absolute Gasteiger partial charge is 0.319 e. The highest BCUT2D eigenvalue weighted by Gasteiger charge is 2.30. The number of nitrogens with one attached hydrogen (secondary N) is 2. The van der Waals surface area contributed by atoms with E-state index in [-0.39, 0.29) is 18.0 Å². The number of hydrogen-bond acceptors (Lipinski definition) is 2. The summed E-state index contributed by atoms with van der Waals surface area (Å²) >= 11 is 0. The summed E-state index contributed by atoms with van der Waals surface area (Å²) in [6.45, 7) is 3.95. The molecule has 1 fully saturated rings. The van der Waals surface area contributed by atoms with Crippen LogP contribution >= 0.6 is 0 Å².